The molecule has 50 heavy (non-hydrogen) atoms. The van der Waals surface area contributed by atoms with Crippen LogP contribution >= 0.6 is 11.6 Å². The molecule has 1 aliphatic rings. The normalized spacial score (nSPS) is 21.9. The molecule has 0 saturated carbocycles. The number of benzene rings is 5. The number of carbonyl (C=O) groups excluding carboxylic acids is 1. The quantitative estimate of drug-likeness (QED) is 0.112. The molecule has 0 radical (unpaired) electrons. The molecule has 1 saturated heterocycles. The lowest BCUT2D eigenvalue weighted by Crippen LogP contribution is -2.66. The minimum atomic E-state index is -2.48. The Morgan fingerprint density at radius 3 is 1.64 bits per heavy atom. The Labute approximate surface area is 296 Å². The molecular formula is C41H38ClFO7. The van der Waals surface area contributed by atoms with Gasteiger partial charge in [0.05, 0.1) is 43.6 Å². The number of carbonyl (C=O) groups is 1. The van der Waals surface area contributed by atoms with Gasteiger partial charge in [-0.2, -0.15) is 0 Å². The number of aliphatic hydroxyl groups is 1. The Morgan fingerprint density at radius 2 is 1.14 bits per heavy atom. The number of hydrogen-bond donors (Lipinski definition) is 1. The van der Waals surface area contributed by atoms with Crippen molar-refractivity contribution in [2.75, 3.05) is 6.61 Å². The van der Waals surface area contributed by atoms with E-state index in [1.54, 1.807) is 0 Å². The first kappa shape index (κ1) is 35.6. The summed E-state index contributed by atoms with van der Waals surface area (Å²) in [6, 6.07) is 40.3. The minimum Gasteiger partial charge on any atom is -0.374 e. The van der Waals surface area contributed by atoms with Crippen molar-refractivity contribution in [1.82, 2.24) is 0 Å². The highest BCUT2D eigenvalue weighted by molar-refractivity contribution is 6.33. The summed E-state index contributed by atoms with van der Waals surface area (Å²) >= 11 is 6.20. The minimum absolute atomic E-state index is 0.0250. The van der Waals surface area contributed by atoms with Crippen molar-refractivity contribution in [3.8, 4) is 0 Å². The number of rotatable bonds is 15. The molecule has 258 valence electrons. The molecule has 1 aliphatic heterocycles. The average molecular weight is 697 g/mol. The van der Waals surface area contributed by atoms with E-state index in [2.05, 4.69) is 0 Å². The van der Waals surface area contributed by atoms with E-state index in [1.807, 2.05) is 121 Å². The molecule has 1 unspecified atom stereocenters. The van der Waals surface area contributed by atoms with Gasteiger partial charge in [-0.05, 0) is 34.4 Å². The predicted molar refractivity (Wildman–Crippen MR) is 187 cm³/mol. The molecule has 0 aromatic heterocycles. The van der Waals surface area contributed by atoms with Crippen LogP contribution in [-0.2, 0) is 55.9 Å². The Bertz CT molecular complexity index is 1800. The second-order valence-electron chi connectivity index (χ2n) is 12.1. The molecule has 0 amide bonds. The molecule has 1 fully saturated rings. The van der Waals surface area contributed by atoms with Crippen LogP contribution in [0.15, 0.2) is 133 Å². The highest BCUT2D eigenvalue weighted by Crippen LogP contribution is 2.43. The smallest absolute Gasteiger partial charge is 0.225 e. The Balaban J connectivity index is 1.43. The molecule has 6 rings (SSSR count). The third-order valence-electron chi connectivity index (χ3n) is 8.54. The molecule has 0 spiro atoms. The standard InChI is InChI=1S/C41H38ClFO7/c42-35-22-36(43)34(21-33(35)23-44)41(45)40(49-27-32-19-11-4-12-20-32)39(48-26-31-17-9-3-10-18-31)38(47-25-30-15-7-2-8-16-30)37(50-41)28-46-24-29-13-5-1-6-14-29/h1-23,37-40,45H,24-28H2/t37-,38-,39+,40-,41?/m1/s1. The number of halogens is 2. The maximum absolute atomic E-state index is 16.0. The van der Waals surface area contributed by atoms with Crippen molar-refractivity contribution in [1.29, 1.82) is 0 Å². The van der Waals surface area contributed by atoms with E-state index in [-0.39, 0.29) is 49.2 Å². The van der Waals surface area contributed by atoms with Gasteiger partial charge in [0.25, 0.3) is 0 Å². The van der Waals surface area contributed by atoms with Crippen molar-refractivity contribution >= 4 is 17.9 Å². The SMILES string of the molecule is O=Cc1cc(C2(O)O[C@H](COCc3ccccc3)[C@@H](OCc3ccccc3)[C@H](OCc3ccccc3)[C@H]2OCc2ccccc2)c(F)cc1Cl. The van der Waals surface area contributed by atoms with Crippen LogP contribution in [0.3, 0.4) is 0 Å². The summed E-state index contributed by atoms with van der Waals surface area (Å²) in [5, 5.41) is 12.6. The van der Waals surface area contributed by atoms with E-state index < -0.39 is 36.0 Å². The maximum Gasteiger partial charge on any atom is 0.225 e. The largest absolute Gasteiger partial charge is 0.374 e. The van der Waals surface area contributed by atoms with Crippen LogP contribution in [0.1, 0.15) is 38.2 Å². The van der Waals surface area contributed by atoms with E-state index in [0.717, 1.165) is 28.3 Å². The van der Waals surface area contributed by atoms with Crippen molar-refractivity contribution in [3.63, 3.8) is 0 Å². The molecular weight excluding hydrogens is 659 g/mol. The molecule has 0 aliphatic carbocycles. The van der Waals surface area contributed by atoms with Gasteiger partial charge >= 0.3 is 0 Å². The van der Waals surface area contributed by atoms with Gasteiger partial charge in [-0.25, -0.2) is 4.39 Å². The van der Waals surface area contributed by atoms with Gasteiger partial charge in [0.1, 0.15) is 30.2 Å². The molecule has 9 heteroatoms. The second kappa shape index (κ2) is 17.1. The lowest BCUT2D eigenvalue weighted by molar-refractivity contribution is -0.379. The Morgan fingerprint density at radius 1 is 0.680 bits per heavy atom. The highest BCUT2D eigenvalue weighted by atomic mass is 35.5. The number of aldehydes is 1. The average Bonchev–Trinajstić information content (AvgIpc) is 3.15. The highest BCUT2D eigenvalue weighted by Gasteiger charge is 2.58. The van der Waals surface area contributed by atoms with Crippen LogP contribution in [0.5, 0.6) is 0 Å². The maximum atomic E-state index is 16.0. The first-order valence-electron chi connectivity index (χ1n) is 16.4. The van der Waals surface area contributed by atoms with E-state index >= 15 is 4.39 Å². The van der Waals surface area contributed by atoms with Gasteiger partial charge in [0, 0.05) is 5.56 Å². The molecule has 0 bridgehead atoms. The van der Waals surface area contributed by atoms with Crippen molar-refractivity contribution < 1.29 is 38.0 Å². The summed E-state index contributed by atoms with van der Waals surface area (Å²) in [5.41, 5.74) is 3.15. The van der Waals surface area contributed by atoms with E-state index in [9.17, 15) is 9.90 Å². The third kappa shape index (κ3) is 8.72. The Kier molecular flexibility index (Phi) is 12.2. The fourth-order valence-corrected chi connectivity index (χ4v) is 6.20. The molecule has 1 N–H and O–H groups in total. The van der Waals surface area contributed by atoms with Crippen molar-refractivity contribution in [3.05, 3.63) is 178 Å². The summed E-state index contributed by atoms with van der Waals surface area (Å²) in [4.78, 5) is 12.0. The molecule has 7 nitrogen and oxygen atoms in total. The van der Waals surface area contributed by atoms with E-state index in [0.29, 0.717) is 6.29 Å². The van der Waals surface area contributed by atoms with Gasteiger partial charge in [-0.15, -0.1) is 0 Å². The van der Waals surface area contributed by atoms with Gasteiger partial charge in [0.15, 0.2) is 6.29 Å². The van der Waals surface area contributed by atoms with Crippen LogP contribution in [0.4, 0.5) is 4.39 Å². The third-order valence-corrected chi connectivity index (χ3v) is 8.87. The first-order chi connectivity index (χ1) is 24.4. The van der Waals surface area contributed by atoms with Crippen LogP contribution in [0.25, 0.3) is 0 Å². The zero-order chi connectivity index (χ0) is 34.8. The Hall–Kier alpha value is -4.25. The molecule has 1 heterocycles. The lowest BCUT2D eigenvalue weighted by atomic mass is 9.86. The van der Waals surface area contributed by atoms with Gasteiger partial charge in [-0.3, -0.25) is 4.79 Å². The fourth-order valence-electron chi connectivity index (χ4n) is 6.00. The number of ether oxygens (including phenoxy) is 5. The molecule has 5 aromatic carbocycles. The lowest BCUT2D eigenvalue weighted by Gasteiger charge is -2.50. The van der Waals surface area contributed by atoms with E-state index in [1.165, 1.54) is 6.07 Å². The molecule has 5 aromatic rings. The van der Waals surface area contributed by atoms with Gasteiger partial charge in [0.2, 0.25) is 5.79 Å². The second-order valence-corrected chi connectivity index (χ2v) is 12.5. The van der Waals surface area contributed by atoms with Crippen molar-refractivity contribution in [2.24, 2.45) is 0 Å². The summed E-state index contributed by atoms with van der Waals surface area (Å²) in [6.45, 7) is 0.530. The van der Waals surface area contributed by atoms with Gasteiger partial charge < -0.3 is 28.8 Å². The topological polar surface area (TPSA) is 83.5 Å². The van der Waals surface area contributed by atoms with Crippen LogP contribution in [0.2, 0.25) is 5.02 Å². The van der Waals surface area contributed by atoms with Crippen LogP contribution in [-0.4, -0.2) is 42.4 Å². The van der Waals surface area contributed by atoms with Crippen molar-refractivity contribution in [2.45, 2.75) is 56.6 Å². The zero-order valence-corrected chi connectivity index (χ0v) is 28.0. The summed E-state index contributed by atoms with van der Waals surface area (Å²) < 4.78 is 48.4. The fraction of sp³-hybridized carbons (Fsp3) is 0.244. The summed E-state index contributed by atoms with van der Waals surface area (Å²) in [7, 11) is 0. The molecule has 5 atom stereocenters. The van der Waals surface area contributed by atoms with Crippen LogP contribution in [0, 0.1) is 5.82 Å². The first-order valence-corrected chi connectivity index (χ1v) is 16.8. The number of hydrogen-bond acceptors (Lipinski definition) is 7. The van der Waals surface area contributed by atoms with Crippen LogP contribution < -0.4 is 0 Å². The van der Waals surface area contributed by atoms with E-state index in [4.69, 9.17) is 35.3 Å². The monoisotopic (exact) mass is 696 g/mol. The summed E-state index contributed by atoms with van der Waals surface area (Å²) in [5.74, 6) is -3.36. The van der Waals surface area contributed by atoms with Gasteiger partial charge in [-0.1, -0.05) is 133 Å². The summed E-state index contributed by atoms with van der Waals surface area (Å²) in [6.07, 6.45) is -3.74. The predicted octanol–water partition coefficient (Wildman–Crippen LogP) is 7.81. The zero-order valence-electron chi connectivity index (χ0n) is 27.3.